The van der Waals surface area contributed by atoms with E-state index in [9.17, 15) is 0 Å². The van der Waals surface area contributed by atoms with Gasteiger partial charge in [-0.15, -0.1) is 0 Å². The van der Waals surface area contributed by atoms with Crippen LogP contribution in [-0.2, 0) is 0 Å². The Morgan fingerprint density at radius 3 is 2.33 bits per heavy atom. The van der Waals surface area contributed by atoms with Crippen LogP contribution in [0, 0.1) is 0 Å². The Bertz CT molecular complexity index is 26.7. The first-order valence-electron chi connectivity index (χ1n) is 2.08. The SMILES string of the molecule is CCC(C)[Se]Br. The quantitative estimate of drug-likeness (QED) is 0.620. The molecule has 1 atom stereocenters. The Balaban J connectivity index is 2.75. The topological polar surface area (TPSA) is 0 Å². The molecule has 0 aliphatic heterocycles. The summed E-state index contributed by atoms with van der Waals surface area (Å²) < 4.78 is 0. The molecular weight excluding hydrogens is 207 g/mol. The summed E-state index contributed by atoms with van der Waals surface area (Å²) >= 11 is 4.13. The van der Waals surface area contributed by atoms with Crippen molar-refractivity contribution in [2.24, 2.45) is 0 Å². The fourth-order valence-corrected chi connectivity index (χ4v) is 1.70. The molecule has 0 aliphatic carbocycles. The van der Waals surface area contributed by atoms with Crippen molar-refractivity contribution < 1.29 is 0 Å². The van der Waals surface area contributed by atoms with Crippen LogP contribution in [0.2, 0.25) is 4.82 Å². The third-order valence-electron chi connectivity index (χ3n) is 0.727. The molecule has 0 aliphatic rings. The second kappa shape index (κ2) is 4.17. The average Bonchev–Trinajstić information content (AvgIpc) is 1.65. The zero-order chi connectivity index (χ0) is 4.99. The van der Waals surface area contributed by atoms with Crippen LogP contribution >= 0.6 is 14.1 Å². The standard InChI is InChI=1S/C4H9BrSe/c1-3-4(2)6-5/h4H,3H2,1-2H3. The summed E-state index contributed by atoms with van der Waals surface area (Å²) in [5.74, 6) is 0. The van der Waals surface area contributed by atoms with Gasteiger partial charge < -0.3 is 0 Å². The van der Waals surface area contributed by atoms with Gasteiger partial charge in [-0.05, 0) is 0 Å². The van der Waals surface area contributed by atoms with Gasteiger partial charge in [-0.25, -0.2) is 0 Å². The second-order valence-electron chi connectivity index (χ2n) is 1.31. The summed E-state index contributed by atoms with van der Waals surface area (Å²) in [6, 6.07) is 0. The van der Waals surface area contributed by atoms with E-state index in [1.165, 1.54) is 6.42 Å². The van der Waals surface area contributed by atoms with Crippen molar-refractivity contribution in [2.45, 2.75) is 25.1 Å². The Morgan fingerprint density at radius 2 is 2.33 bits per heavy atom. The zero-order valence-corrected chi connectivity index (χ0v) is 7.37. The van der Waals surface area contributed by atoms with Gasteiger partial charge in [0.2, 0.25) is 0 Å². The fourth-order valence-electron chi connectivity index (χ4n) is 0.0630. The van der Waals surface area contributed by atoms with Crippen LogP contribution in [0.4, 0.5) is 0 Å². The third-order valence-corrected chi connectivity index (χ3v) is 5.38. The number of rotatable bonds is 2. The van der Waals surface area contributed by atoms with Crippen LogP contribution in [0.3, 0.4) is 0 Å². The van der Waals surface area contributed by atoms with Gasteiger partial charge in [-0.3, -0.25) is 0 Å². The van der Waals surface area contributed by atoms with Gasteiger partial charge >= 0.3 is 52.3 Å². The molecule has 0 N–H and O–H groups in total. The zero-order valence-electron chi connectivity index (χ0n) is 4.07. The molecule has 38 valence electrons. The summed E-state index contributed by atoms with van der Waals surface area (Å²) in [7, 11) is 0. The van der Waals surface area contributed by atoms with Crippen molar-refractivity contribution in [3.05, 3.63) is 0 Å². The van der Waals surface area contributed by atoms with Gasteiger partial charge in [-0.1, -0.05) is 0 Å². The molecule has 0 nitrogen and oxygen atoms in total. The van der Waals surface area contributed by atoms with Gasteiger partial charge in [0, 0.05) is 0 Å². The van der Waals surface area contributed by atoms with E-state index in [2.05, 4.69) is 28.0 Å². The van der Waals surface area contributed by atoms with Gasteiger partial charge in [-0.2, -0.15) is 0 Å². The molecule has 0 saturated heterocycles. The average molecular weight is 216 g/mol. The maximum atomic E-state index is 3.44. The predicted molar refractivity (Wildman–Crippen MR) is 34.4 cm³/mol. The molecule has 0 aromatic rings. The minimum atomic E-state index is 0.696. The molecule has 0 heterocycles. The van der Waals surface area contributed by atoms with Crippen LogP contribution in [0.25, 0.3) is 0 Å². The Kier molecular flexibility index (Phi) is 4.86. The van der Waals surface area contributed by atoms with Crippen molar-refractivity contribution in [3.63, 3.8) is 0 Å². The second-order valence-corrected chi connectivity index (χ2v) is 5.31. The van der Waals surface area contributed by atoms with E-state index < -0.39 is 0 Å². The van der Waals surface area contributed by atoms with E-state index in [0.717, 1.165) is 4.82 Å². The van der Waals surface area contributed by atoms with Crippen molar-refractivity contribution in [1.29, 1.82) is 0 Å². The fraction of sp³-hybridized carbons (Fsp3) is 1.00. The van der Waals surface area contributed by atoms with Crippen LogP contribution in [-0.4, -0.2) is 13.1 Å². The molecule has 0 aromatic carbocycles. The van der Waals surface area contributed by atoms with Crippen LogP contribution < -0.4 is 0 Å². The Morgan fingerprint density at radius 1 is 1.83 bits per heavy atom. The van der Waals surface area contributed by atoms with E-state index >= 15 is 0 Å². The molecule has 0 spiro atoms. The van der Waals surface area contributed by atoms with E-state index in [1.54, 1.807) is 0 Å². The molecule has 0 rings (SSSR count). The van der Waals surface area contributed by atoms with Crippen LogP contribution in [0.5, 0.6) is 0 Å². The third kappa shape index (κ3) is 3.20. The normalized spacial score (nSPS) is 14.5. The van der Waals surface area contributed by atoms with Crippen LogP contribution in [0.15, 0.2) is 0 Å². The van der Waals surface area contributed by atoms with Gasteiger partial charge in [0.25, 0.3) is 0 Å². The predicted octanol–water partition coefficient (Wildman–Crippen LogP) is 2.22. The Labute approximate surface area is 52.5 Å². The molecule has 2 heteroatoms. The van der Waals surface area contributed by atoms with Gasteiger partial charge in [0.05, 0.1) is 0 Å². The summed E-state index contributed by atoms with van der Waals surface area (Å²) in [6.07, 6.45) is 1.31. The summed E-state index contributed by atoms with van der Waals surface area (Å²) in [5, 5.41) is 0. The minimum absolute atomic E-state index is 0.696. The maximum absolute atomic E-state index is 3.44. The number of hydrogen-bond donors (Lipinski definition) is 0. The van der Waals surface area contributed by atoms with Crippen molar-refractivity contribution in [3.8, 4) is 0 Å². The molecular formula is C4H9BrSe. The monoisotopic (exact) mass is 216 g/mol. The number of hydrogen-bond acceptors (Lipinski definition) is 0. The molecule has 0 bridgehead atoms. The molecule has 1 unspecified atom stereocenters. The van der Waals surface area contributed by atoms with E-state index in [1.807, 2.05) is 0 Å². The van der Waals surface area contributed by atoms with Gasteiger partial charge in [0.15, 0.2) is 0 Å². The van der Waals surface area contributed by atoms with Crippen LogP contribution in [0.1, 0.15) is 20.3 Å². The van der Waals surface area contributed by atoms with Crippen molar-refractivity contribution in [2.75, 3.05) is 0 Å². The van der Waals surface area contributed by atoms with E-state index in [-0.39, 0.29) is 0 Å². The Hall–Kier alpha value is 0.999. The van der Waals surface area contributed by atoms with Crippen molar-refractivity contribution in [1.82, 2.24) is 0 Å². The van der Waals surface area contributed by atoms with E-state index in [4.69, 9.17) is 0 Å². The first-order chi connectivity index (χ1) is 2.81. The molecule has 0 radical (unpaired) electrons. The molecule has 0 aromatic heterocycles. The first kappa shape index (κ1) is 7.00. The molecule has 0 amide bonds. The first-order valence-corrected chi connectivity index (χ1v) is 7.08. The van der Waals surface area contributed by atoms with E-state index in [0.29, 0.717) is 13.1 Å². The molecule has 0 saturated carbocycles. The molecule has 0 fully saturated rings. The summed E-state index contributed by atoms with van der Waals surface area (Å²) in [4.78, 5) is 0.914. The molecule has 6 heavy (non-hydrogen) atoms. The number of halogens is 1. The van der Waals surface area contributed by atoms with Crippen molar-refractivity contribution >= 4 is 27.3 Å². The summed E-state index contributed by atoms with van der Waals surface area (Å²) in [5.41, 5.74) is 0. The van der Waals surface area contributed by atoms with Gasteiger partial charge in [0.1, 0.15) is 0 Å². The summed E-state index contributed by atoms with van der Waals surface area (Å²) in [6.45, 7) is 4.47.